The Kier molecular flexibility index (Phi) is 4.07. The highest BCUT2D eigenvalue weighted by atomic mass is 19.1. The molecule has 0 N–H and O–H groups in total. The van der Waals surface area contributed by atoms with Gasteiger partial charge in [0.2, 0.25) is 0 Å². The third-order valence-corrected chi connectivity index (χ3v) is 2.81. The van der Waals surface area contributed by atoms with Gasteiger partial charge in [-0.1, -0.05) is 13.8 Å². The van der Waals surface area contributed by atoms with Crippen LogP contribution in [0.4, 0.5) is 10.2 Å². The van der Waals surface area contributed by atoms with Crippen molar-refractivity contribution in [2.45, 2.75) is 26.7 Å². The fourth-order valence-electron chi connectivity index (χ4n) is 2.08. The van der Waals surface area contributed by atoms with Crippen LogP contribution in [0.2, 0.25) is 0 Å². The van der Waals surface area contributed by atoms with Crippen LogP contribution in [0.15, 0.2) is 18.2 Å². The van der Waals surface area contributed by atoms with Crippen LogP contribution in [0.3, 0.4) is 0 Å². The third kappa shape index (κ3) is 2.58. The molecule has 4 heteroatoms. The quantitative estimate of drug-likeness (QED) is 0.811. The minimum absolute atomic E-state index is 0.280. The molecule has 1 radical (unpaired) electrons. The molecule has 0 amide bonds. The summed E-state index contributed by atoms with van der Waals surface area (Å²) in [4.78, 5) is 10.5. The van der Waals surface area contributed by atoms with Gasteiger partial charge in [0.05, 0.1) is 5.52 Å². The first-order valence-corrected chi connectivity index (χ1v) is 6.34. The highest BCUT2D eigenvalue weighted by Gasteiger charge is 2.11. The van der Waals surface area contributed by atoms with Crippen LogP contribution in [-0.2, 0) is 0 Å². The highest BCUT2D eigenvalue weighted by molar-refractivity contribution is 5.89. The van der Waals surface area contributed by atoms with Gasteiger partial charge >= 0.3 is 0 Å². The van der Waals surface area contributed by atoms with Crippen molar-refractivity contribution in [2.24, 2.45) is 0 Å². The van der Waals surface area contributed by atoms with Crippen LogP contribution in [0.25, 0.3) is 10.9 Å². The summed E-state index contributed by atoms with van der Waals surface area (Å²) in [5.74, 6) is 0.571. The molecule has 2 aromatic rings. The summed E-state index contributed by atoms with van der Waals surface area (Å²) in [5.41, 5.74) is 0.609. The molecule has 18 heavy (non-hydrogen) atoms. The Balaban J connectivity index is 2.48. The van der Waals surface area contributed by atoms with Gasteiger partial charge in [-0.15, -0.1) is 0 Å². The topological polar surface area (TPSA) is 29.0 Å². The van der Waals surface area contributed by atoms with E-state index in [1.165, 1.54) is 12.1 Å². The molecule has 95 valence electrons. The Morgan fingerprint density at radius 2 is 1.89 bits per heavy atom. The zero-order valence-corrected chi connectivity index (χ0v) is 10.8. The SMILES string of the molecule is CCCN(CCC)c1n[c]nc2cc(F)ccc12. The van der Waals surface area contributed by atoms with Crippen LogP contribution in [0, 0.1) is 12.1 Å². The van der Waals surface area contributed by atoms with E-state index in [9.17, 15) is 4.39 Å². The van der Waals surface area contributed by atoms with Crippen LogP contribution in [-0.4, -0.2) is 23.1 Å². The normalized spacial score (nSPS) is 10.8. The number of nitrogens with zero attached hydrogens (tertiary/aromatic N) is 3. The molecule has 0 saturated heterocycles. The third-order valence-electron chi connectivity index (χ3n) is 2.81. The first-order chi connectivity index (χ1) is 8.76. The van der Waals surface area contributed by atoms with Gasteiger partial charge in [-0.3, -0.25) is 0 Å². The van der Waals surface area contributed by atoms with Crippen molar-refractivity contribution in [3.63, 3.8) is 0 Å². The maximum absolute atomic E-state index is 13.2. The minimum Gasteiger partial charge on any atom is -0.356 e. The lowest BCUT2D eigenvalue weighted by Crippen LogP contribution is -2.26. The molecule has 0 fully saturated rings. The number of benzene rings is 1. The predicted octanol–water partition coefficient (Wildman–Crippen LogP) is 3.20. The average Bonchev–Trinajstić information content (AvgIpc) is 2.37. The van der Waals surface area contributed by atoms with Crippen molar-refractivity contribution in [1.29, 1.82) is 0 Å². The molecule has 3 nitrogen and oxygen atoms in total. The number of anilines is 1. The summed E-state index contributed by atoms with van der Waals surface area (Å²) < 4.78 is 13.2. The van der Waals surface area contributed by atoms with E-state index in [0.29, 0.717) is 5.52 Å². The van der Waals surface area contributed by atoms with Gasteiger partial charge in [-0.2, -0.15) is 0 Å². The molecule has 0 aliphatic heterocycles. The van der Waals surface area contributed by atoms with Crippen molar-refractivity contribution in [3.05, 3.63) is 30.3 Å². The number of hydrogen-bond donors (Lipinski definition) is 0. The fourth-order valence-corrected chi connectivity index (χ4v) is 2.08. The number of rotatable bonds is 5. The largest absolute Gasteiger partial charge is 0.356 e. The van der Waals surface area contributed by atoms with E-state index in [1.807, 2.05) is 0 Å². The number of hydrogen-bond acceptors (Lipinski definition) is 3. The molecule has 0 spiro atoms. The Morgan fingerprint density at radius 1 is 1.17 bits per heavy atom. The molecular weight excluding hydrogens is 229 g/mol. The summed E-state index contributed by atoms with van der Waals surface area (Å²) in [6.07, 6.45) is 4.72. The molecule has 0 unspecified atom stereocenters. The Hall–Kier alpha value is -1.71. The van der Waals surface area contributed by atoms with Crippen LogP contribution >= 0.6 is 0 Å². The van der Waals surface area contributed by atoms with E-state index in [4.69, 9.17) is 0 Å². The maximum atomic E-state index is 13.2. The van der Waals surface area contributed by atoms with Gasteiger partial charge in [0.15, 0.2) is 6.33 Å². The van der Waals surface area contributed by atoms with Gasteiger partial charge in [-0.05, 0) is 25.0 Å². The van der Waals surface area contributed by atoms with Crippen molar-refractivity contribution in [3.8, 4) is 0 Å². The van der Waals surface area contributed by atoms with Crippen LogP contribution in [0.1, 0.15) is 26.7 Å². The van der Waals surface area contributed by atoms with Crippen molar-refractivity contribution in [1.82, 2.24) is 9.97 Å². The maximum Gasteiger partial charge on any atom is 0.200 e. The molecule has 0 atom stereocenters. The van der Waals surface area contributed by atoms with Gasteiger partial charge in [0, 0.05) is 24.5 Å². The molecule has 0 saturated carbocycles. The summed E-state index contributed by atoms with van der Waals surface area (Å²) in [7, 11) is 0. The smallest absolute Gasteiger partial charge is 0.200 e. The van der Waals surface area contributed by atoms with Crippen molar-refractivity contribution in [2.75, 3.05) is 18.0 Å². The van der Waals surface area contributed by atoms with Crippen molar-refractivity contribution < 1.29 is 4.39 Å². The number of fused-ring (bicyclic) bond motifs is 1. The Labute approximate surface area is 107 Å². The first kappa shape index (κ1) is 12.7. The molecular formula is C14H17FN3. The summed E-state index contributed by atoms with van der Waals surface area (Å²) >= 11 is 0. The molecule has 0 bridgehead atoms. The zero-order valence-electron chi connectivity index (χ0n) is 10.8. The number of aromatic nitrogens is 2. The monoisotopic (exact) mass is 246 g/mol. The van der Waals surface area contributed by atoms with E-state index in [-0.39, 0.29) is 5.82 Å². The second-order valence-electron chi connectivity index (χ2n) is 4.30. The van der Waals surface area contributed by atoms with Crippen molar-refractivity contribution >= 4 is 16.7 Å². The molecule has 0 aliphatic rings. The second-order valence-corrected chi connectivity index (χ2v) is 4.30. The molecule has 1 heterocycles. The summed E-state index contributed by atoms with van der Waals surface area (Å²) in [6.45, 7) is 6.14. The van der Waals surface area contributed by atoms with E-state index in [1.54, 1.807) is 6.07 Å². The molecule has 0 aliphatic carbocycles. The van der Waals surface area contributed by atoms with E-state index < -0.39 is 0 Å². The summed E-state index contributed by atoms with van der Waals surface area (Å²) in [5, 5.41) is 0.886. The zero-order chi connectivity index (χ0) is 13.0. The Morgan fingerprint density at radius 3 is 2.56 bits per heavy atom. The predicted molar refractivity (Wildman–Crippen MR) is 71.1 cm³/mol. The van der Waals surface area contributed by atoms with E-state index in [0.717, 1.165) is 37.1 Å². The average molecular weight is 246 g/mol. The van der Waals surface area contributed by atoms with E-state index >= 15 is 0 Å². The fraction of sp³-hybridized carbons (Fsp3) is 0.429. The molecule has 2 rings (SSSR count). The first-order valence-electron chi connectivity index (χ1n) is 6.34. The lowest BCUT2D eigenvalue weighted by Gasteiger charge is -2.23. The van der Waals surface area contributed by atoms with Crippen LogP contribution in [0.5, 0.6) is 0 Å². The lowest BCUT2D eigenvalue weighted by atomic mass is 10.2. The van der Waals surface area contributed by atoms with Gasteiger partial charge in [0.1, 0.15) is 11.6 Å². The second kappa shape index (κ2) is 5.76. The number of halogens is 1. The van der Waals surface area contributed by atoms with Gasteiger partial charge in [0.25, 0.3) is 0 Å². The minimum atomic E-state index is -0.280. The standard InChI is InChI=1S/C14H17FN3/c1-3-7-18(8-4-2)14-12-6-5-11(15)9-13(12)16-10-17-14/h5-6,9H,3-4,7-8H2,1-2H3. The molecule has 1 aromatic carbocycles. The molecule has 1 aromatic heterocycles. The summed E-state index contributed by atoms with van der Waals surface area (Å²) in [6, 6.07) is 4.62. The lowest BCUT2D eigenvalue weighted by molar-refractivity contribution is 0.629. The van der Waals surface area contributed by atoms with Gasteiger partial charge < -0.3 is 4.90 Å². The van der Waals surface area contributed by atoms with E-state index in [2.05, 4.69) is 35.0 Å². The Bertz CT molecular complexity index is 521. The highest BCUT2D eigenvalue weighted by Crippen LogP contribution is 2.23. The van der Waals surface area contributed by atoms with Crippen LogP contribution < -0.4 is 4.90 Å². The van der Waals surface area contributed by atoms with Gasteiger partial charge in [-0.25, -0.2) is 14.4 Å².